The number of hydrogen-bond donors (Lipinski definition) is 2. The van der Waals surface area contributed by atoms with E-state index in [9.17, 15) is 23.9 Å². The number of aromatic carboxylic acids is 1. The van der Waals surface area contributed by atoms with E-state index in [0.717, 1.165) is 34.4 Å². The number of carbonyl (C=O) groups excluding carboxylic acids is 2. The molecule has 0 saturated carbocycles. The summed E-state index contributed by atoms with van der Waals surface area (Å²) in [5.41, 5.74) is 1.81. The molecule has 1 amide bonds. The van der Waals surface area contributed by atoms with Crippen molar-refractivity contribution < 1.29 is 28.6 Å². The Morgan fingerprint density at radius 3 is 2.43 bits per heavy atom. The van der Waals surface area contributed by atoms with Gasteiger partial charge in [0.2, 0.25) is 0 Å². The molecule has 1 unspecified atom stereocenters. The molecule has 2 aromatic heterocycles. The van der Waals surface area contributed by atoms with Crippen molar-refractivity contribution in [3.05, 3.63) is 52.5 Å². The summed E-state index contributed by atoms with van der Waals surface area (Å²) in [4.78, 5) is 39.1. The van der Waals surface area contributed by atoms with Crippen LogP contribution < -0.4 is 5.32 Å². The van der Waals surface area contributed by atoms with Crippen LogP contribution in [0.1, 0.15) is 93.8 Å². The predicted octanol–water partition coefficient (Wildman–Crippen LogP) is 5.10. The molecule has 0 saturated heterocycles. The van der Waals surface area contributed by atoms with E-state index in [0.29, 0.717) is 19.3 Å². The highest BCUT2D eigenvalue weighted by Gasteiger charge is 2.21. The van der Waals surface area contributed by atoms with Gasteiger partial charge in [-0.05, 0) is 53.9 Å². The second-order valence-electron chi connectivity index (χ2n) is 9.57. The van der Waals surface area contributed by atoms with Crippen molar-refractivity contribution >= 4 is 23.8 Å². The second-order valence-corrected chi connectivity index (χ2v) is 9.57. The molecule has 2 N–H and O–H groups in total. The van der Waals surface area contributed by atoms with Gasteiger partial charge in [0.1, 0.15) is 18.7 Å². The van der Waals surface area contributed by atoms with Gasteiger partial charge in [-0.15, -0.1) is 0 Å². The van der Waals surface area contributed by atoms with E-state index in [1.807, 2.05) is 53.7 Å². The summed E-state index contributed by atoms with van der Waals surface area (Å²) in [5, 5.41) is 16.2. The molecule has 0 aliphatic rings. The number of allylic oxidation sites excluding steroid dienone is 3. The van der Waals surface area contributed by atoms with Crippen LogP contribution in [0.15, 0.2) is 35.6 Å². The molecule has 10 heteroatoms. The third-order valence-corrected chi connectivity index (χ3v) is 5.62. The van der Waals surface area contributed by atoms with Gasteiger partial charge in [-0.2, -0.15) is 5.10 Å². The normalized spacial score (nSPS) is 13.1. The number of carboxylic acids is 1. The number of ether oxygens (including phenoxy) is 1. The number of fused-ring (bicyclic) bond motifs is 1. The van der Waals surface area contributed by atoms with Gasteiger partial charge >= 0.3 is 5.97 Å². The molecular weight excluding hydrogens is 479 g/mol. The van der Waals surface area contributed by atoms with Gasteiger partial charge in [0.15, 0.2) is 11.3 Å². The van der Waals surface area contributed by atoms with E-state index in [2.05, 4.69) is 15.4 Å². The molecule has 9 nitrogen and oxygen atoms in total. The third kappa shape index (κ3) is 10.2. The quantitative estimate of drug-likeness (QED) is 0.313. The zero-order valence-electron chi connectivity index (χ0n) is 22.8. The van der Waals surface area contributed by atoms with Crippen LogP contribution >= 0.6 is 0 Å². The summed E-state index contributed by atoms with van der Waals surface area (Å²) < 4.78 is 19.3. The van der Waals surface area contributed by atoms with Gasteiger partial charge in [0, 0.05) is 31.2 Å². The summed E-state index contributed by atoms with van der Waals surface area (Å²) in [6.07, 6.45) is 8.33. The maximum atomic E-state index is 13.2. The molecular formula is C27H39FN4O5. The van der Waals surface area contributed by atoms with E-state index in [1.165, 1.54) is 6.20 Å². The zero-order valence-corrected chi connectivity index (χ0v) is 22.8. The minimum Gasteiger partial charge on any atom is -0.477 e. The number of hydrogen-bond acceptors (Lipinski definition) is 6. The predicted molar refractivity (Wildman–Crippen MR) is 140 cm³/mol. The fraction of sp³-hybridized carbons (Fsp3) is 0.519. The number of carbonyl (C=O) groups is 3. The Bertz CT molecular complexity index is 1130. The Balaban J connectivity index is 0.00000102. The standard InChI is InChI=1S/C22H27FN4O4.C5H12O/c1-4-5-6-17(8-7-14(2)15(3)9-10-28)25-21(29)19-11-18(22(30)31)26-20-16(12-23)13-24-27(19)20;1-5(2,3)6-4/h5-6,10-11,13,17H,4,7-9,12H2,1-3H3,(H,25,29)(H,30,31);1-4H3/b6-5+,15-14+;. The lowest BCUT2D eigenvalue weighted by Crippen LogP contribution is -2.35. The fourth-order valence-corrected chi connectivity index (χ4v) is 3.02. The van der Waals surface area contributed by atoms with Crippen LogP contribution in [0.3, 0.4) is 0 Å². The second kappa shape index (κ2) is 15.0. The van der Waals surface area contributed by atoms with Crippen LogP contribution in [0.4, 0.5) is 4.39 Å². The minimum atomic E-state index is -1.32. The van der Waals surface area contributed by atoms with Crippen LogP contribution in [0.2, 0.25) is 0 Å². The van der Waals surface area contributed by atoms with Crippen molar-refractivity contribution in [1.29, 1.82) is 0 Å². The Kier molecular flexibility index (Phi) is 12.8. The van der Waals surface area contributed by atoms with Gasteiger partial charge < -0.3 is 20.0 Å². The molecule has 0 bridgehead atoms. The summed E-state index contributed by atoms with van der Waals surface area (Å²) in [6.45, 7) is 11.0. The first kappa shape index (κ1) is 31.6. The van der Waals surface area contributed by atoms with Crippen molar-refractivity contribution in [1.82, 2.24) is 19.9 Å². The fourth-order valence-electron chi connectivity index (χ4n) is 3.02. The van der Waals surface area contributed by atoms with E-state index in [-0.39, 0.29) is 34.2 Å². The summed E-state index contributed by atoms with van der Waals surface area (Å²) in [7, 11) is 1.71. The van der Waals surface area contributed by atoms with Crippen LogP contribution in [0, 0.1) is 0 Å². The van der Waals surface area contributed by atoms with Crippen molar-refractivity contribution in [3.63, 3.8) is 0 Å². The topological polar surface area (TPSA) is 123 Å². The van der Waals surface area contributed by atoms with Crippen LogP contribution in [-0.2, 0) is 16.2 Å². The number of nitrogens with zero attached hydrogens (tertiary/aromatic N) is 3. The Labute approximate surface area is 217 Å². The summed E-state index contributed by atoms with van der Waals surface area (Å²) >= 11 is 0. The maximum absolute atomic E-state index is 13.2. The lowest BCUT2D eigenvalue weighted by molar-refractivity contribution is -0.107. The highest BCUT2D eigenvalue weighted by atomic mass is 19.1. The maximum Gasteiger partial charge on any atom is 0.354 e. The summed E-state index contributed by atoms with van der Waals surface area (Å²) in [5.74, 6) is -1.86. The molecule has 204 valence electrons. The molecule has 1 atom stereocenters. The highest BCUT2D eigenvalue weighted by molar-refractivity contribution is 5.96. The molecule has 0 aliphatic carbocycles. The van der Waals surface area contributed by atoms with Crippen molar-refractivity contribution in [2.45, 2.75) is 85.5 Å². The molecule has 2 rings (SSSR count). The lowest BCUT2D eigenvalue weighted by atomic mass is 10.0. The van der Waals surface area contributed by atoms with E-state index in [1.54, 1.807) is 7.11 Å². The number of amides is 1. The number of aldehydes is 1. The Morgan fingerprint density at radius 2 is 1.92 bits per heavy atom. The number of methoxy groups -OCH3 is 1. The number of aromatic nitrogens is 3. The molecule has 0 spiro atoms. The van der Waals surface area contributed by atoms with Crippen molar-refractivity contribution in [2.24, 2.45) is 0 Å². The molecule has 0 radical (unpaired) electrons. The van der Waals surface area contributed by atoms with Gasteiger partial charge in [0.05, 0.1) is 11.8 Å². The number of halogens is 1. The number of rotatable bonds is 11. The number of alkyl halides is 1. The summed E-state index contributed by atoms with van der Waals surface area (Å²) in [6, 6.07) is 0.804. The van der Waals surface area contributed by atoms with Gasteiger partial charge in [-0.3, -0.25) is 4.79 Å². The molecule has 0 fully saturated rings. The van der Waals surface area contributed by atoms with Crippen LogP contribution in [0.25, 0.3) is 5.65 Å². The lowest BCUT2D eigenvalue weighted by Gasteiger charge is -2.17. The monoisotopic (exact) mass is 518 g/mol. The minimum absolute atomic E-state index is 0.00327. The van der Waals surface area contributed by atoms with E-state index >= 15 is 0 Å². The first-order chi connectivity index (χ1) is 17.4. The van der Waals surface area contributed by atoms with Gasteiger partial charge in [-0.1, -0.05) is 30.2 Å². The van der Waals surface area contributed by atoms with Crippen LogP contribution in [0.5, 0.6) is 0 Å². The van der Waals surface area contributed by atoms with Crippen LogP contribution in [-0.4, -0.2) is 56.6 Å². The molecule has 2 heterocycles. The number of carboxylic acid groups (broad SMARTS) is 1. The number of nitrogens with one attached hydrogen (secondary N) is 1. The van der Waals surface area contributed by atoms with Gasteiger partial charge in [-0.25, -0.2) is 18.7 Å². The smallest absolute Gasteiger partial charge is 0.354 e. The molecule has 0 aromatic carbocycles. The highest BCUT2D eigenvalue weighted by Crippen LogP contribution is 2.17. The molecule has 37 heavy (non-hydrogen) atoms. The Hall–Kier alpha value is -3.40. The average Bonchev–Trinajstić information content (AvgIpc) is 3.27. The Morgan fingerprint density at radius 1 is 1.27 bits per heavy atom. The van der Waals surface area contributed by atoms with Crippen molar-refractivity contribution in [3.8, 4) is 0 Å². The first-order valence-corrected chi connectivity index (χ1v) is 12.2. The first-order valence-electron chi connectivity index (χ1n) is 12.2. The van der Waals surface area contributed by atoms with E-state index < -0.39 is 18.6 Å². The van der Waals surface area contributed by atoms with Gasteiger partial charge in [0.25, 0.3) is 5.91 Å². The van der Waals surface area contributed by atoms with Crippen molar-refractivity contribution in [2.75, 3.05) is 7.11 Å². The average molecular weight is 519 g/mol. The largest absolute Gasteiger partial charge is 0.477 e. The zero-order chi connectivity index (χ0) is 28.2. The third-order valence-electron chi connectivity index (χ3n) is 5.62. The molecule has 0 aliphatic heterocycles. The van der Waals surface area contributed by atoms with E-state index in [4.69, 9.17) is 4.74 Å². The SMILES string of the molecule is CC/C=C/C(CC/C(C)=C(\C)CC=O)NC(=O)c1cc(C(=O)O)nc2c(CF)cnn12.COC(C)(C)C. The molecule has 2 aromatic rings.